The molecule has 3 nitrogen and oxygen atoms in total. The summed E-state index contributed by atoms with van der Waals surface area (Å²) < 4.78 is 0. The van der Waals surface area contributed by atoms with Gasteiger partial charge in [0.15, 0.2) is 0 Å². The van der Waals surface area contributed by atoms with Crippen molar-refractivity contribution in [3.05, 3.63) is 57.8 Å². The number of nitrogens with zero attached hydrogens (tertiary/aromatic N) is 1. The highest BCUT2D eigenvalue weighted by Crippen LogP contribution is 2.24. The van der Waals surface area contributed by atoms with Gasteiger partial charge in [0.05, 0.1) is 6.54 Å². The van der Waals surface area contributed by atoms with Gasteiger partial charge in [0.1, 0.15) is 0 Å². The minimum absolute atomic E-state index is 0.198. The molecular formula is C19H24N2OS. The van der Waals surface area contributed by atoms with E-state index in [1.54, 1.807) is 11.3 Å². The lowest BCUT2D eigenvalue weighted by molar-refractivity contribution is -0.131. The number of carbonyl (C=O) groups is 1. The van der Waals surface area contributed by atoms with Crippen molar-refractivity contribution in [1.29, 1.82) is 0 Å². The lowest BCUT2D eigenvalue weighted by Crippen LogP contribution is -2.42. The fourth-order valence-electron chi connectivity index (χ4n) is 3.17. The first-order chi connectivity index (χ1) is 11.1. The lowest BCUT2D eigenvalue weighted by atomic mass is 9.96. The minimum Gasteiger partial charge on any atom is -0.337 e. The van der Waals surface area contributed by atoms with Crippen LogP contribution in [0, 0.1) is 5.92 Å². The molecule has 0 spiro atoms. The lowest BCUT2D eigenvalue weighted by Gasteiger charge is -2.29. The van der Waals surface area contributed by atoms with E-state index in [0.29, 0.717) is 12.5 Å². The van der Waals surface area contributed by atoms with Gasteiger partial charge in [0, 0.05) is 24.0 Å². The topological polar surface area (TPSA) is 32.3 Å². The van der Waals surface area contributed by atoms with Crippen LogP contribution in [0.5, 0.6) is 0 Å². The average Bonchev–Trinajstić information content (AvgIpc) is 3.03. The number of nitrogens with one attached hydrogen (secondary N) is 1. The van der Waals surface area contributed by atoms with Crippen LogP contribution in [0.4, 0.5) is 0 Å². The summed E-state index contributed by atoms with van der Waals surface area (Å²) in [6.45, 7) is 6.38. The van der Waals surface area contributed by atoms with E-state index < -0.39 is 0 Å². The molecular weight excluding hydrogens is 304 g/mol. The van der Waals surface area contributed by atoms with Crippen LogP contribution in [0.2, 0.25) is 0 Å². The summed E-state index contributed by atoms with van der Waals surface area (Å²) in [4.78, 5) is 16.0. The largest absolute Gasteiger partial charge is 0.337 e. The molecule has 0 saturated heterocycles. The summed E-state index contributed by atoms with van der Waals surface area (Å²) >= 11 is 1.80. The van der Waals surface area contributed by atoms with Crippen molar-refractivity contribution >= 4 is 17.2 Å². The molecule has 0 bridgehead atoms. The molecule has 1 aliphatic rings. The molecule has 1 aromatic heterocycles. The Kier molecular flexibility index (Phi) is 5.13. The van der Waals surface area contributed by atoms with Crippen LogP contribution in [0.15, 0.2) is 41.8 Å². The highest BCUT2D eigenvalue weighted by molar-refractivity contribution is 7.10. The van der Waals surface area contributed by atoms with Gasteiger partial charge in [0.2, 0.25) is 5.91 Å². The van der Waals surface area contributed by atoms with Crippen molar-refractivity contribution in [2.75, 3.05) is 13.1 Å². The molecule has 0 fully saturated rings. The van der Waals surface area contributed by atoms with Crippen LogP contribution in [0.25, 0.3) is 0 Å². The number of thiophene rings is 1. The van der Waals surface area contributed by atoms with Gasteiger partial charge >= 0.3 is 0 Å². The maximum atomic E-state index is 12.6. The second-order valence-electron chi connectivity index (χ2n) is 6.45. The molecule has 1 aliphatic heterocycles. The van der Waals surface area contributed by atoms with Crippen molar-refractivity contribution < 1.29 is 4.79 Å². The molecule has 122 valence electrons. The van der Waals surface area contributed by atoms with Crippen LogP contribution in [-0.4, -0.2) is 23.9 Å². The number of benzene rings is 1. The SMILES string of the molecule is CC(C)C(NCC(=O)N1CCc2sccc2C1)c1ccccc1. The van der Waals surface area contributed by atoms with Crippen LogP contribution in [-0.2, 0) is 17.8 Å². The number of carbonyl (C=O) groups excluding carboxylic acids is 1. The smallest absolute Gasteiger partial charge is 0.236 e. The second-order valence-corrected chi connectivity index (χ2v) is 7.45. The number of hydrogen-bond acceptors (Lipinski definition) is 3. The quantitative estimate of drug-likeness (QED) is 0.909. The molecule has 1 unspecified atom stereocenters. The Bertz CT molecular complexity index is 650. The summed E-state index contributed by atoms with van der Waals surface area (Å²) in [5, 5.41) is 5.59. The van der Waals surface area contributed by atoms with E-state index >= 15 is 0 Å². The van der Waals surface area contributed by atoms with Gasteiger partial charge < -0.3 is 10.2 Å². The summed E-state index contributed by atoms with van der Waals surface area (Å²) in [6, 6.07) is 12.7. The van der Waals surface area contributed by atoms with Crippen molar-refractivity contribution in [1.82, 2.24) is 10.2 Å². The van der Waals surface area contributed by atoms with E-state index in [4.69, 9.17) is 0 Å². The Balaban J connectivity index is 1.60. The molecule has 0 radical (unpaired) electrons. The van der Waals surface area contributed by atoms with Crippen LogP contribution >= 0.6 is 11.3 Å². The van der Waals surface area contributed by atoms with E-state index in [1.165, 1.54) is 16.0 Å². The van der Waals surface area contributed by atoms with Crippen LogP contribution in [0.1, 0.15) is 35.9 Å². The third kappa shape index (κ3) is 3.82. The van der Waals surface area contributed by atoms with Crippen LogP contribution in [0.3, 0.4) is 0 Å². The summed E-state index contributed by atoms with van der Waals surface area (Å²) in [6.07, 6.45) is 0.991. The predicted molar refractivity (Wildman–Crippen MR) is 95.5 cm³/mol. The monoisotopic (exact) mass is 328 g/mol. The van der Waals surface area contributed by atoms with Gasteiger partial charge in [-0.3, -0.25) is 4.79 Å². The Hall–Kier alpha value is -1.65. The maximum Gasteiger partial charge on any atom is 0.236 e. The normalized spacial score (nSPS) is 15.5. The van der Waals surface area contributed by atoms with E-state index in [-0.39, 0.29) is 11.9 Å². The zero-order valence-corrected chi connectivity index (χ0v) is 14.6. The van der Waals surface area contributed by atoms with Crippen molar-refractivity contribution in [3.8, 4) is 0 Å². The van der Waals surface area contributed by atoms with Gasteiger partial charge in [-0.05, 0) is 34.9 Å². The average molecular weight is 328 g/mol. The number of fused-ring (bicyclic) bond motifs is 1. The standard InChI is InChI=1S/C19H24N2OS/c1-14(2)19(15-6-4-3-5-7-15)20-12-18(22)21-10-8-17-16(13-21)9-11-23-17/h3-7,9,11,14,19-20H,8,10,12-13H2,1-2H3. The Labute approximate surface area is 142 Å². The Morgan fingerprint density at radius 1 is 1.26 bits per heavy atom. The number of hydrogen-bond donors (Lipinski definition) is 1. The molecule has 1 amide bonds. The molecule has 2 aromatic rings. The number of rotatable bonds is 5. The Morgan fingerprint density at radius 3 is 2.78 bits per heavy atom. The zero-order valence-electron chi connectivity index (χ0n) is 13.8. The molecule has 0 aliphatic carbocycles. The zero-order chi connectivity index (χ0) is 16.2. The van der Waals surface area contributed by atoms with Gasteiger partial charge in [-0.2, -0.15) is 0 Å². The van der Waals surface area contributed by atoms with Crippen molar-refractivity contribution in [2.45, 2.75) is 32.9 Å². The van der Waals surface area contributed by atoms with Gasteiger partial charge in [-0.25, -0.2) is 0 Å². The van der Waals surface area contributed by atoms with E-state index in [0.717, 1.165) is 19.5 Å². The fourth-order valence-corrected chi connectivity index (χ4v) is 4.06. The molecule has 4 heteroatoms. The molecule has 1 N–H and O–H groups in total. The molecule has 0 saturated carbocycles. The predicted octanol–water partition coefficient (Wildman–Crippen LogP) is 3.62. The molecule has 1 aromatic carbocycles. The van der Waals surface area contributed by atoms with Gasteiger partial charge in [0.25, 0.3) is 0 Å². The fraction of sp³-hybridized carbons (Fsp3) is 0.421. The summed E-state index contributed by atoms with van der Waals surface area (Å²) in [7, 11) is 0. The molecule has 1 atom stereocenters. The van der Waals surface area contributed by atoms with Gasteiger partial charge in [-0.15, -0.1) is 11.3 Å². The first kappa shape index (κ1) is 16.2. The third-order valence-electron chi connectivity index (χ3n) is 4.46. The first-order valence-electron chi connectivity index (χ1n) is 8.26. The third-order valence-corrected chi connectivity index (χ3v) is 5.48. The van der Waals surface area contributed by atoms with Crippen molar-refractivity contribution in [3.63, 3.8) is 0 Å². The van der Waals surface area contributed by atoms with Crippen molar-refractivity contribution in [2.24, 2.45) is 5.92 Å². The number of amides is 1. The highest BCUT2D eigenvalue weighted by Gasteiger charge is 2.23. The summed E-state index contributed by atoms with van der Waals surface area (Å²) in [5.74, 6) is 0.637. The molecule has 2 heterocycles. The minimum atomic E-state index is 0.198. The summed E-state index contributed by atoms with van der Waals surface area (Å²) in [5.41, 5.74) is 2.56. The molecule has 23 heavy (non-hydrogen) atoms. The van der Waals surface area contributed by atoms with Crippen LogP contribution < -0.4 is 5.32 Å². The maximum absolute atomic E-state index is 12.6. The van der Waals surface area contributed by atoms with E-state index in [1.807, 2.05) is 11.0 Å². The van der Waals surface area contributed by atoms with Gasteiger partial charge in [-0.1, -0.05) is 44.2 Å². The Morgan fingerprint density at radius 2 is 2.04 bits per heavy atom. The highest BCUT2D eigenvalue weighted by atomic mass is 32.1. The second kappa shape index (κ2) is 7.28. The molecule has 3 rings (SSSR count). The first-order valence-corrected chi connectivity index (χ1v) is 9.14. The van der Waals surface area contributed by atoms with E-state index in [2.05, 4.69) is 54.9 Å². The van der Waals surface area contributed by atoms with E-state index in [9.17, 15) is 4.79 Å².